The van der Waals surface area contributed by atoms with Crippen molar-refractivity contribution in [1.82, 2.24) is 10.2 Å². The molecule has 0 amide bonds. The highest BCUT2D eigenvalue weighted by molar-refractivity contribution is 9.10. The summed E-state index contributed by atoms with van der Waals surface area (Å²) >= 11 is 3.56. The Labute approximate surface area is 124 Å². The summed E-state index contributed by atoms with van der Waals surface area (Å²) in [6.45, 7) is 2.11. The first-order valence-corrected chi connectivity index (χ1v) is 8.95. The molecule has 0 atom stereocenters. The number of sulfone groups is 1. The molecule has 0 heterocycles. The number of hydrogen-bond acceptors (Lipinski definition) is 4. The van der Waals surface area contributed by atoms with Gasteiger partial charge in [-0.25, -0.2) is 8.42 Å². The molecule has 4 nitrogen and oxygen atoms in total. The molecule has 0 aliphatic rings. The molecule has 0 saturated carbocycles. The van der Waals surface area contributed by atoms with E-state index in [1.54, 1.807) is 0 Å². The maximum atomic E-state index is 11.1. The van der Waals surface area contributed by atoms with Gasteiger partial charge in [0.05, 0.1) is 5.75 Å². The Balaban J connectivity index is 2.61. The van der Waals surface area contributed by atoms with E-state index in [-0.39, 0.29) is 5.75 Å². The van der Waals surface area contributed by atoms with Gasteiger partial charge in [0, 0.05) is 30.4 Å². The highest BCUT2D eigenvalue weighted by Gasteiger charge is 2.08. The maximum absolute atomic E-state index is 11.1. The molecule has 0 bridgehead atoms. The van der Waals surface area contributed by atoms with E-state index in [4.69, 9.17) is 0 Å². The van der Waals surface area contributed by atoms with Gasteiger partial charge in [0.15, 0.2) is 0 Å². The van der Waals surface area contributed by atoms with Crippen LogP contribution < -0.4 is 5.32 Å². The number of rotatable bonds is 7. The molecule has 6 heteroatoms. The third-order valence-electron chi connectivity index (χ3n) is 2.78. The lowest BCUT2D eigenvalue weighted by molar-refractivity contribution is 0.345. The van der Waals surface area contributed by atoms with E-state index in [1.807, 2.05) is 19.0 Å². The van der Waals surface area contributed by atoms with Crippen LogP contribution in [0, 0.1) is 0 Å². The monoisotopic (exact) mass is 348 g/mol. The molecule has 0 unspecified atom stereocenters. The van der Waals surface area contributed by atoms with Gasteiger partial charge < -0.3 is 10.2 Å². The average molecular weight is 349 g/mol. The zero-order valence-electron chi connectivity index (χ0n) is 11.6. The Morgan fingerprint density at radius 3 is 2.58 bits per heavy atom. The highest BCUT2D eigenvalue weighted by Crippen LogP contribution is 2.20. The predicted octanol–water partition coefficient (Wildman–Crippen LogP) is 1.64. The molecule has 0 fully saturated rings. The van der Waals surface area contributed by atoms with Crippen LogP contribution in [0.15, 0.2) is 22.7 Å². The van der Waals surface area contributed by atoms with Gasteiger partial charge in [-0.2, -0.15) is 0 Å². The average Bonchev–Trinajstić information content (AvgIpc) is 2.30. The fourth-order valence-electron chi connectivity index (χ4n) is 1.72. The summed E-state index contributed by atoms with van der Waals surface area (Å²) in [4.78, 5) is 2.01. The molecular formula is C13H21BrN2O2S. The summed E-state index contributed by atoms with van der Waals surface area (Å²) in [6, 6.07) is 6.25. The summed E-state index contributed by atoms with van der Waals surface area (Å²) < 4.78 is 23.3. The van der Waals surface area contributed by atoms with E-state index < -0.39 is 9.84 Å². The topological polar surface area (TPSA) is 49.4 Å². The molecule has 19 heavy (non-hydrogen) atoms. The molecule has 0 aromatic heterocycles. The van der Waals surface area contributed by atoms with E-state index in [2.05, 4.69) is 39.4 Å². The van der Waals surface area contributed by atoms with Gasteiger partial charge in [-0.3, -0.25) is 0 Å². The Hall–Kier alpha value is -0.430. The first kappa shape index (κ1) is 16.6. The number of halogens is 1. The fraction of sp³-hybridized carbons (Fsp3) is 0.538. The number of hydrogen-bond donors (Lipinski definition) is 1. The van der Waals surface area contributed by atoms with Gasteiger partial charge in [0.25, 0.3) is 0 Å². The van der Waals surface area contributed by atoms with Crippen LogP contribution in [-0.2, 0) is 22.9 Å². The molecule has 108 valence electrons. The largest absolute Gasteiger partial charge is 0.316 e. The minimum atomic E-state index is -2.90. The second kappa shape index (κ2) is 7.38. The van der Waals surface area contributed by atoms with Crippen molar-refractivity contribution in [3.8, 4) is 0 Å². The molecule has 1 aromatic carbocycles. The van der Waals surface area contributed by atoms with Crippen molar-refractivity contribution >= 4 is 25.8 Å². The molecule has 1 N–H and O–H groups in total. The van der Waals surface area contributed by atoms with Gasteiger partial charge in [-0.05, 0) is 31.3 Å². The Morgan fingerprint density at radius 2 is 2.05 bits per heavy atom. The maximum Gasteiger partial charge on any atom is 0.148 e. The first-order valence-electron chi connectivity index (χ1n) is 6.10. The molecule has 0 spiro atoms. The fourth-order valence-corrected chi connectivity index (χ4v) is 2.92. The Kier molecular flexibility index (Phi) is 6.46. The van der Waals surface area contributed by atoms with Gasteiger partial charge >= 0.3 is 0 Å². The van der Waals surface area contributed by atoms with Crippen molar-refractivity contribution in [2.75, 3.05) is 32.6 Å². The summed E-state index contributed by atoms with van der Waals surface area (Å²) in [5, 5.41) is 3.11. The van der Waals surface area contributed by atoms with Gasteiger partial charge in [0.1, 0.15) is 9.84 Å². The van der Waals surface area contributed by atoms with Gasteiger partial charge in [-0.15, -0.1) is 0 Å². The molecule has 1 aromatic rings. The third kappa shape index (κ3) is 6.51. The van der Waals surface area contributed by atoms with Crippen molar-refractivity contribution in [3.05, 3.63) is 33.8 Å². The lowest BCUT2D eigenvalue weighted by Gasteiger charge is -2.17. The summed E-state index contributed by atoms with van der Waals surface area (Å²) in [5.74, 6) is 0.193. The van der Waals surface area contributed by atoms with Crippen LogP contribution >= 0.6 is 15.9 Å². The zero-order valence-corrected chi connectivity index (χ0v) is 14.0. The number of nitrogens with zero attached hydrogens (tertiary/aromatic N) is 1. The predicted molar refractivity (Wildman–Crippen MR) is 83.0 cm³/mol. The van der Waals surface area contributed by atoms with E-state index >= 15 is 0 Å². The minimum Gasteiger partial charge on any atom is -0.316 e. The van der Waals surface area contributed by atoms with Crippen molar-refractivity contribution < 1.29 is 8.42 Å². The van der Waals surface area contributed by atoms with E-state index in [0.29, 0.717) is 6.54 Å². The van der Waals surface area contributed by atoms with Gasteiger partial charge in [0.2, 0.25) is 0 Å². The zero-order chi connectivity index (χ0) is 14.5. The lowest BCUT2D eigenvalue weighted by Crippen LogP contribution is -2.25. The van der Waals surface area contributed by atoms with Crippen LogP contribution in [0.4, 0.5) is 0 Å². The van der Waals surface area contributed by atoms with Crippen molar-refractivity contribution in [1.29, 1.82) is 0 Å². The minimum absolute atomic E-state index is 0.193. The van der Waals surface area contributed by atoms with E-state index in [1.165, 1.54) is 11.8 Å². The smallest absolute Gasteiger partial charge is 0.148 e. The first-order chi connectivity index (χ1) is 8.81. The number of benzene rings is 1. The second-order valence-corrected chi connectivity index (χ2v) is 7.94. The lowest BCUT2D eigenvalue weighted by atomic mass is 10.1. The normalized spacial score (nSPS) is 12.1. The van der Waals surface area contributed by atoms with Crippen LogP contribution in [0.3, 0.4) is 0 Å². The molecule has 0 aliphatic heterocycles. The third-order valence-corrected chi connectivity index (χ3v) is 4.44. The van der Waals surface area contributed by atoms with Crippen molar-refractivity contribution in [2.45, 2.75) is 13.1 Å². The Morgan fingerprint density at radius 1 is 1.37 bits per heavy atom. The van der Waals surface area contributed by atoms with E-state index in [9.17, 15) is 8.42 Å². The molecule has 1 rings (SSSR count). The molecule has 0 aliphatic carbocycles. The standard InChI is InChI=1S/C13H21BrN2O2S/c1-15-9-11-4-5-12(13(14)8-11)10-16(2)6-7-19(3,17)18/h4-5,8,15H,6-7,9-10H2,1-3H3. The van der Waals surface area contributed by atoms with Gasteiger partial charge in [-0.1, -0.05) is 28.1 Å². The highest BCUT2D eigenvalue weighted by atomic mass is 79.9. The molecule has 0 saturated heterocycles. The quantitative estimate of drug-likeness (QED) is 0.813. The van der Waals surface area contributed by atoms with Crippen molar-refractivity contribution in [3.63, 3.8) is 0 Å². The second-order valence-electron chi connectivity index (χ2n) is 4.82. The van der Waals surface area contributed by atoms with E-state index in [0.717, 1.165) is 23.1 Å². The van der Waals surface area contributed by atoms with Crippen LogP contribution in [0.5, 0.6) is 0 Å². The van der Waals surface area contributed by atoms with Crippen LogP contribution in [0.1, 0.15) is 11.1 Å². The summed E-state index contributed by atoms with van der Waals surface area (Å²) in [5.41, 5.74) is 2.38. The van der Waals surface area contributed by atoms with Crippen LogP contribution in [-0.4, -0.2) is 46.0 Å². The molecular weight excluding hydrogens is 328 g/mol. The van der Waals surface area contributed by atoms with Crippen LogP contribution in [0.25, 0.3) is 0 Å². The van der Waals surface area contributed by atoms with Crippen molar-refractivity contribution in [2.24, 2.45) is 0 Å². The molecule has 0 radical (unpaired) electrons. The van der Waals surface area contributed by atoms with Crippen LogP contribution in [0.2, 0.25) is 0 Å². The Bertz CT molecular complexity index is 517. The number of nitrogens with one attached hydrogen (secondary N) is 1. The summed E-state index contributed by atoms with van der Waals surface area (Å²) in [7, 11) is 0.950. The SMILES string of the molecule is CNCc1ccc(CN(C)CCS(C)(=O)=O)c(Br)c1. The summed E-state index contributed by atoms with van der Waals surface area (Å²) in [6.07, 6.45) is 1.27.